The minimum absolute atomic E-state index is 0.529. The molecular formula is C19H15N5O2. The lowest BCUT2D eigenvalue weighted by Crippen LogP contribution is -2.21. The van der Waals surface area contributed by atoms with Gasteiger partial charge in [-0.2, -0.15) is 14.8 Å². The van der Waals surface area contributed by atoms with Gasteiger partial charge in [0.15, 0.2) is 17.3 Å². The Labute approximate surface area is 149 Å². The van der Waals surface area contributed by atoms with Gasteiger partial charge in [-0.1, -0.05) is 30.3 Å². The fourth-order valence-corrected chi connectivity index (χ4v) is 2.99. The molecule has 2 aliphatic heterocycles. The first-order valence-electron chi connectivity index (χ1n) is 8.36. The van der Waals surface area contributed by atoms with Gasteiger partial charge in [0, 0.05) is 5.56 Å². The summed E-state index contributed by atoms with van der Waals surface area (Å²) in [6.07, 6.45) is 1.48. The highest BCUT2D eigenvalue weighted by Crippen LogP contribution is 2.32. The Morgan fingerprint density at radius 3 is 2.73 bits per heavy atom. The molecule has 1 aromatic heterocycles. The predicted molar refractivity (Wildman–Crippen MR) is 96.6 cm³/mol. The molecule has 0 fully saturated rings. The highest BCUT2D eigenvalue weighted by Gasteiger charge is 2.26. The van der Waals surface area contributed by atoms with Crippen molar-refractivity contribution in [3.8, 4) is 11.5 Å². The zero-order chi connectivity index (χ0) is 17.3. The van der Waals surface area contributed by atoms with Gasteiger partial charge in [0.25, 0.3) is 5.95 Å². The number of ether oxygens (including phenoxy) is 2. The zero-order valence-electron chi connectivity index (χ0n) is 13.9. The van der Waals surface area contributed by atoms with E-state index < -0.39 is 0 Å². The predicted octanol–water partition coefficient (Wildman–Crippen LogP) is 2.63. The summed E-state index contributed by atoms with van der Waals surface area (Å²) < 4.78 is 12.9. The monoisotopic (exact) mass is 345 g/mol. The van der Waals surface area contributed by atoms with Crippen LogP contribution in [0.25, 0.3) is 0 Å². The molecule has 0 unspecified atom stereocenters. The third-order valence-electron chi connectivity index (χ3n) is 4.22. The van der Waals surface area contributed by atoms with E-state index in [1.165, 1.54) is 6.33 Å². The molecule has 0 atom stereocenters. The quantitative estimate of drug-likeness (QED) is 0.731. The molecule has 3 heterocycles. The van der Waals surface area contributed by atoms with Crippen LogP contribution in [0.2, 0.25) is 0 Å². The van der Waals surface area contributed by atoms with Crippen molar-refractivity contribution in [1.82, 2.24) is 14.8 Å². The number of benzene rings is 2. The molecule has 5 rings (SSSR count). The molecule has 26 heavy (non-hydrogen) atoms. The van der Waals surface area contributed by atoms with E-state index in [1.807, 2.05) is 48.5 Å². The molecule has 7 nitrogen and oxygen atoms in total. The highest BCUT2D eigenvalue weighted by molar-refractivity contribution is 6.50. The maximum Gasteiger partial charge on any atom is 0.254 e. The first-order chi connectivity index (χ1) is 12.9. The van der Waals surface area contributed by atoms with Crippen molar-refractivity contribution in [2.75, 3.05) is 13.2 Å². The molecule has 7 heteroatoms. The Morgan fingerprint density at radius 2 is 1.85 bits per heavy atom. The lowest BCUT2D eigenvalue weighted by atomic mass is 10.1. The summed E-state index contributed by atoms with van der Waals surface area (Å²) in [6, 6.07) is 15.9. The number of aromatic nitrogens is 3. The third kappa shape index (κ3) is 2.54. The Kier molecular flexibility index (Phi) is 3.48. The summed E-state index contributed by atoms with van der Waals surface area (Å²) in [6.45, 7) is 1.65. The van der Waals surface area contributed by atoms with Crippen molar-refractivity contribution in [3.05, 3.63) is 66.0 Å². The molecule has 0 saturated heterocycles. The molecule has 0 amide bonds. The van der Waals surface area contributed by atoms with Crippen LogP contribution in [0.4, 0.5) is 5.95 Å². The first-order valence-corrected chi connectivity index (χ1v) is 8.36. The van der Waals surface area contributed by atoms with Crippen molar-refractivity contribution in [1.29, 1.82) is 0 Å². The van der Waals surface area contributed by atoms with Crippen molar-refractivity contribution < 1.29 is 9.47 Å². The van der Waals surface area contributed by atoms with Crippen LogP contribution in [0.3, 0.4) is 0 Å². The van der Waals surface area contributed by atoms with E-state index in [0.29, 0.717) is 31.5 Å². The van der Waals surface area contributed by atoms with Crippen molar-refractivity contribution in [3.63, 3.8) is 0 Å². The van der Waals surface area contributed by atoms with E-state index in [9.17, 15) is 0 Å². The molecule has 0 N–H and O–H groups in total. The lowest BCUT2D eigenvalue weighted by Gasteiger charge is -2.18. The number of aliphatic imine (C=N–C) groups is 2. The molecule has 0 bridgehead atoms. The topological polar surface area (TPSA) is 73.9 Å². The van der Waals surface area contributed by atoms with Gasteiger partial charge in [-0.05, 0) is 23.8 Å². The SMILES string of the molecule is c1ccc(CN=C2C(c3ccc4c(c3)OCCO4)=Nc3ncnn32)cc1. The fourth-order valence-electron chi connectivity index (χ4n) is 2.99. The molecular weight excluding hydrogens is 330 g/mol. The maximum absolute atomic E-state index is 5.69. The van der Waals surface area contributed by atoms with Gasteiger partial charge in [0.1, 0.15) is 25.3 Å². The second-order valence-electron chi connectivity index (χ2n) is 5.92. The number of hydrogen-bond donors (Lipinski definition) is 0. The fraction of sp³-hybridized carbons (Fsp3) is 0.158. The van der Waals surface area contributed by atoms with Gasteiger partial charge in [-0.15, -0.1) is 0 Å². The van der Waals surface area contributed by atoms with E-state index in [4.69, 9.17) is 14.5 Å². The van der Waals surface area contributed by atoms with Gasteiger partial charge in [-0.3, -0.25) is 4.99 Å². The van der Waals surface area contributed by atoms with Crippen LogP contribution in [-0.4, -0.2) is 39.5 Å². The van der Waals surface area contributed by atoms with Crippen molar-refractivity contribution in [2.45, 2.75) is 6.54 Å². The largest absolute Gasteiger partial charge is 0.486 e. The summed E-state index contributed by atoms with van der Waals surface area (Å²) >= 11 is 0. The summed E-state index contributed by atoms with van der Waals surface area (Å²) in [7, 11) is 0. The maximum atomic E-state index is 5.69. The number of hydrogen-bond acceptors (Lipinski definition) is 6. The lowest BCUT2D eigenvalue weighted by molar-refractivity contribution is 0.171. The van der Waals surface area contributed by atoms with Crippen LogP contribution < -0.4 is 9.47 Å². The summed E-state index contributed by atoms with van der Waals surface area (Å²) in [4.78, 5) is 13.5. The molecule has 0 saturated carbocycles. The van der Waals surface area contributed by atoms with Crippen molar-refractivity contribution >= 4 is 17.5 Å². The first kappa shape index (κ1) is 14.8. The molecule has 0 spiro atoms. The van der Waals surface area contributed by atoms with Crippen LogP contribution in [0.5, 0.6) is 11.5 Å². The second kappa shape index (κ2) is 6.11. The zero-order valence-corrected chi connectivity index (χ0v) is 13.9. The van der Waals surface area contributed by atoms with Gasteiger partial charge in [-0.25, -0.2) is 4.99 Å². The van der Waals surface area contributed by atoms with Crippen LogP contribution in [0, 0.1) is 0 Å². The van der Waals surface area contributed by atoms with E-state index in [-0.39, 0.29) is 0 Å². The summed E-state index contributed by atoms with van der Waals surface area (Å²) in [5.74, 6) is 2.67. The molecule has 2 aromatic carbocycles. The Morgan fingerprint density at radius 1 is 1.00 bits per heavy atom. The number of nitrogens with zero attached hydrogens (tertiary/aromatic N) is 5. The van der Waals surface area contributed by atoms with E-state index in [0.717, 1.165) is 28.3 Å². The van der Waals surface area contributed by atoms with Gasteiger partial charge >= 0.3 is 0 Å². The van der Waals surface area contributed by atoms with Gasteiger partial charge in [0.05, 0.1) is 6.54 Å². The van der Waals surface area contributed by atoms with Crippen LogP contribution in [-0.2, 0) is 6.54 Å². The molecule has 128 valence electrons. The minimum Gasteiger partial charge on any atom is -0.486 e. The molecule has 0 radical (unpaired) electrons. The molecule has 2 aliphatic rings. The molecule has 3 aromatic rings. The normalized spacial score (nSPS) is 16.5. The number of rotatable bonds is 3. The Balaban J connectivity index is 1.53. The van der Waals surface area contributed by atoms with Crippen LogP contribution >= 0.6 is 0 Å². The summed E-state index contributed by atoms with van der Waals surface area (Å²) in [5.41, 5.74) is 2.75. The average molecular weight is 345 g/mol. The van der Waals surface area contributed by atoms with E-state index in [2.05, 4.69) is 15.1 Å². The standard InChI is InChI=1S/C19H15N5O2/c1-2-4-13(5-3-1)11-20-18-17(23-19-21-12-22-24(18)19)14-6-7-15-16(10-14)26-9-8-25-15/h1-7,10,12H,8-9,11H2. The Bertz CT molecular complexity index is 1020. The third-order valence-corrected chi connectivity index (χ3v) is 4.22. The highest BCUT2D eigenvalue weighted by atomic mass is 16.6. The smallest absolute Gasteiger partial charge is 0.254 e. The minimum atomic E-state index is 0.529. The van der Waals surface area contributed by atoms with Crippen LogP contribution in [0.15, 0.2) is 64.8 Å². The molecule has 0 aliphatic carbocycles. The second-order valence-corrected chi connectivity index (χ2v) is 5.92. The Hall–Kier alpha value is -3.48. The summed E-state index contributed by atoms with van der Waals surface area (Å²) in [5, 5.41) is 4.26. The van der Waals surface area contributed by atoms with Gasteiger partial charge < -0.3 is 9.47 Å². The average Bonchev–Trinajstić information content (AvgIpc) is 3.28. The van der Waals surface area contributed by atoms with E-state index >= 15 is 0 Å². The van der Waals surface area contributed by atoms with Crippen molar-refractivity contribution in [2.24, 2.45) is 9.98 Å². The van der Waals surface area contributed by atoms with Gasteiger partial charge in [0.2, 0.25) is 0 Å². The number of fused-ring (bicyclic) bond motifs is 2. The van der Waals surface area contributed by atoms with Crippen LogP contribution in [0.1, 0.15) is 11.1 Å². The van der Waals surface area contributed by atoms with E-state index in [1.54, 1.807) is 4.68 Å².